The lowest BCUT2D eigenvalue weighted by Gasteiger charge is -2.41. The first-order valence-electron chi connectivity index (χ1n) is 9.05. The average Bonchev–Trinajstić information content (AvgIpc) is 3.18. The molecule has 0 aromatic carbocycles. The molecule has 1 heterocycles. The molecule has 114 valence electrons. The van der Waals surface area contributed by atoms with Crippen molar-refractivity contribution in [2.75, 3.05) is 13.1 Å². The lowest BCUT2D eigenvalue weighted by Crippen LogP contribution is -2.54. The van der Waals surface area contributed by atoms with Crippen LogP contribution in [-0.4, -0.2) is 29.3 Å². The second-order valence-corrected chi connectivity index (χ2v) is 7.43. The van der Waals surface area contributed by atoms with E-state index in [-0.39, 0.29) is 5.54 Å². The van der Waals surface area contributed by atoms with Crippen molar-refractivity contribution in [3.8, 4) is 0 Å². The standard InChI is InChI=1S/C18H31NO/c1-2-15-8-7-9-16(14-15)17(20)18(10-3-4-11-18)19-12-5-6-13-19/h15-16H,2-14H2,1H3. The fraction of sp³-hybridized carbons (Fsp3) is 0.944. The minimum Gasteiger partial charge on any atom is -0.297 e. The van der Waals surface area contributed by atoms with E-state index in [9.17, 15) is 4.79 Å². The SMILES string of the molecule is CCC1CCCC(C(=O)C2(N3CCCC3)CCCC2)C1. The topological polar surface area (TPSA) is 20.3 Å². The van der Waals surface area contributed by atoms with Crippen LogP contribution in [0.4, 0.5) is 0 Å². The van der Waals surface area contributed by atoms with Gasteiger partial charge in [-0.1, -0.05) is 39.0 Å². The summed E-state index contributed by atoms with van der Waals surface area (Å²) in [4.78, 5) is 15.9. The van der Waals surface area contributed by atoms with E-state index in [0.29, 0.717) is 11.7 Å². The monoisotopic (exact) mass is 277 g/mol. The van der Waals surface area contributed by atoms with Crippen LogP contribution in [-0.2, 0) is 4.79 Å². The van der Waals surface area contributed by atoms with Gasteiger partial charge >= 0.3 is 0 Å². The van der Waals surface area contributed by atoms with Gasteiger partial charge in [0.2, 0.25) is 0 Å². The molecular formula is C18H31NO. The molecule has 2 atom stereocenters. The molecule has 2 unspecified atom stereocenters. The molecule has 0 spiro atoms. The average molecular weight is 277 g/mol. The third-order valence-corrected chi connectivity index (χ3v) is 6.33. The second kappa shape index (κ2) is 6.17. The van der Waals surface area contributed by atoms with Gasteiger partial charge in [-0.2, -0.15) is 0 Å². The molecule has 0 aromatic heterocycles. The van der Waals surface area contributed by atoms with E-state index in [1.165, 1.54) is 70.9 Å². The van der Waals surface area contributed by atoms with Crippen LogP contribution in [0.5, 0.6) is 0 Å². The number of hydrogen-bond acceptors (Lipinski definition) is 2. The van der Waals surface area contributed by atoms with E-state index >= 15 is 0 Å². The summed E-state index contributed by atoms with van der Waals surface area (Å²) in [5.74, 6) is 1.84. The third kappa shape index (κ3) is 2.56. The van der Waals surface area contributed by atoms with E-state index in [0.717, 1.165) is 18.8 Å². The van der Waals surface area contributed by atoms with Gasteiger partial charge in [0, 0.05) is 5.92 Å². The van der Waals surface area contributed by atoms with Crippen LogP contribution < -0.4 is 0 Å². The summed E-state index contributed by atoms with van der Waals surface area (Å²) in [5.41, 5.74) is -0.0310. The summed E-state index contributed by atoms with van der Waals surface area (Å²) in [6.07, 6.45) is 13.7. The molecule has 3 rings (SSSR count). The first-order valence-corrected chi connectivity index (χ1v) is 9.05. The van der Waals surface area contributed by atoms with Crippen LogP contribution in [0.1, 0.15) is 77.6 Å². The Morgan fingerprint density at radius 2 is 1.75 bits per heavy atom. The van der Waals surface area contributed by atoms with E-state index in [2.05, 4.69) is 11.8 Å². The highest BCUT2D eigenvalue weighted by molar-refractivity contribution is 5.91. The summed E-state index contributed by atoms with van der Waals surface area (Å²) in [6.45, 7) is 4.65. The zero-order valence-corrected chi connectivity index (χ0v) is 13.2. The summed E-state index contributed by atoms with van der Waals surface area (Å²) in [7, 11) is 0. The van der Waals surface area contributed by atoms with E-state index < -0.39 is 0 Å². The van der Waals surface area contributed by atoms with Gasteiger partial charge in [-0.3, -0.25) is 9.69 Å². The zero-order valence-electron chi connectivity index (χ0n) is 13.2. The molecule has 3 aliphatic rings. The van der Waals surface area contributed by atoms with Crippen LogP contribution in [0.15, 0.2) is 0 Å². The molecule has 0 aromatic rings. The van der Waals surface area contributed by atoms with E-state index in [1.807, 2.05) is 0 Å². The van der Waals surface area contributed by atoms with Gasteiger partial charge in [0.1, 0.15) is 0 Å². The highest BCUT2D eigenvalue weighted by Gasteiger charge is 2.49. The maximum absolute atomic E-state index is 13.3. The Balaban J connectivity index is 1.75. The van der Waals surface area contributed by atoms with E-state index in [1.54, 1.807) is 0 Å². The van der Waals surface area contributed by atoms with Crippen molar-refractivity contribution in [3.05, 3.63) is 0 Å². The van der Waals surface area contributed by atoms with Crippen molar-refractivity contribution < 1.29 is 4.79 Å². The number of ketones is 1. The van der Waals surface area contributed by atoms with Gasteiger partial charge in [0.15, 0.2) is 5.78 Å². The van der Waals surface area contributed by atoms with Crippen LogP contribution >= 0.6 is 0 Å². The maximum atomic E-state index is 13.3. The molecule has 0 bridgehead atoms. The molecule has 2 aliphatic carbocycles. The largest absolute Gasteiger partial charge is 0.297 e. The fourth-order valence-corrected chi connectivity index (χ4v) is 5.10. The predicted molar refractivity (Wildman–Crippen MR) is 82.8 cm³/mol. The van der Waals surface area contributed by atoms with Crippen molar-refractivity contribution in [1.82, 2.24) is 4.90 Å². The van der Waals surface area contributed by atoms with Crippen molar-refractivity contribution in [3.63, 3.8) is 0 Å². The summed E-state index contributed by atoms with van der Waals surface area (Å²) in [6, 6.07) is 0. The molecule has 0 amide bonds. The molecule has 0 radical (unpaired) electrons. The van der Waals surface area contributed by atoms with Crippen molar-refractivity contribution in [2.24, 2.45) is 11.8 Å². The first kappa shape index (κ1) is 14.6. The van der Waals surface area contributed by atoms with Gasteiger partial charge < -0.3 is 0 Å². The van der Waals surface area contributed by atoms with Crippen LogP contribution in [0.25, 0.3) is 0 Å². The van der Waals surface area contributed by atoms with Crippen molar-refractivity contribution >= 4 is 5.78 Å². The quantitative estimate of drug-likeness (QED) is 0.768. The molecule has 20 heavy (non-hydrogen) atoms. The molecular weight excluding hydrogens is 246 g/mol. The Kier molecular flexibility index (Phi) is 4.49. The molecule has 1 aliphatic heterocycles. The molecule has 2 heteroatoms. The summed E-state index contributed by atoms with van der Waals surface area (Å²) >= 11 is 0. The molecule has 2 nitrogen and oxygen atoms in total. The predicted octanol–water partition coefficient (Wildman–Crippen LogP) is 4.18. The summed E-state index contributed by atoms with van der Waals surface area (Å²) in [5, 5.41) is 0. The highest BCUT2D eigenvalue weighted by atomic mass is 16.1. The van der Waals surface area contributed by atoms with Crippen molar-refractivity contribution in [1.29, 1.82) is 0 Å². The maximum Gasteiger partial charge on any atom is 0.156 e. The number of carbonyl (C=O) groups is 1. The van der Waals surface area contributed by atoms with E-state index in [4.69, 9.17) is 0 Å². The Morgan fingerprint density at radius 1 is 1.05 bits per heavy atom. The lowest BCUT2D eigenvalue weighted by atomic mass is 9.72. The zero-order chi connectivity index (χ0) is 14.0. The number of hydrogen-bond donors (Lipinski definition) is 0. The van der Waals surface area contributed by atoms with Crippen LogP contribution in [0.2, 0.25) is 0 Å². The van der Waals surface area contributed by atoms with Crippen LogP contribution in [0.3, 0.4) is 0 Å². The number of Topliss-reactive ketones (excluding diaryl/α,β-unsaturated/α-hetero) is 1. The van der Waals surface area contributed by atoms with Gasteiger partial charge in [0.25, 0.3) is 0 Å². The Morgan fingerprint density at radius 3 is 2.40 bits per heavy atom. The number of likely N-dealkylation sites (tertiary alicyclic amines) is 1. The second-order valence-electron chi connectivity index (χ2n) is 7.43. The van der Waals surface area contributed by atoms with Crippen LogP contribution in [0, 0.1) is 11.8 Å². The number of carbonyl (C=O) groups excluding carboxylic acids is 1. The minimum atomic E-state index is -0.0310. The van der Waals surface area contributed by atoms with Gasteiger partial charge in [-0.25, -0.2) is 0 Å². The summed E-state index contributed by atoms with van der Waals surface area (Å²) < 4.78 is 0. The highest BCUT2D eigenvalue weighted by Crippen LogP contribution is 2.43. The Labute approximate surface area is 124 Å². The van der Waals surface area contributed by atoms with Gasteiger partial charge in [0.05, 0.1) is 5.54 Å². The molecule has 1 saturated heterocycles. The van der Waals surface area contributed by atoms with Crippen molar-refractivity contribution in [2.45, 2.75) is 83.1 Å². The normalized spacial score (nSPS) is 34.5. The fourth-order valence-electron chi connectivity index (χ4n) is 5.10. The lowest BCUT2D eigenvalue weighted by molar-refractivity contribution is -0.136. The third-order valence-electron chi connectivity index (χ3n) is 6.33. The molecule has 0 N–H and O–H groups in total. The Bertz CT molecular complexity index is 339. The van der Waals surface area contributed by atoms with Gasteiger partial charge in [-0.15, -0.1) is 0 Å². The smallest absolute Gasteiger partial charge is 0.156 e. The first-order chi connectivity index (χ1) is 9.76. The minimum absolute atomic E-state index is 0.0310. The van der Waals surface area contributed by atoms with Gasteiger partial charge in [-0.05, 0) is 57.5 Å². The molecule has 3 fully saturated rings. The number of nitrogens with zero attached hydrogens (tertiary/aromatic N) is 1. The molecule has 2 saturated carbocycles. The number of rotatable bonds is 4. The Hall–Kier alpha value is -0.370.